The molecule has 2 heterocycles. The number of rotatable bonds is 6. The Labute approximate surface area is 204 Å². The van der Waals surface area contributed by atoms with Crippen LogP contribution in [0.4, 0.5) is 13.2 Å². The van der Waals surface area contributed by atoms with Crippen molar-refractivity contribution in [2.75, 3.05) is 14.2 Å². The minimum Gasteiger partial charge on any atom is -0.507 e. The Morgan fingerprint density at radius 3 is 2.33 bits per heavy atom. The van der Waals surface area contributed by atoms with Crippen LogP contribution in [0.3, 0.4) is 0 Å². The number of likely N-dealkylation sites (tertiary alicyclic amines) is 1. The van der Waals surface area contributed by atoms with Crippen LogP contribution in [-0.2, 0) is 22.3 Å². The number of amides is 1. The molecule has 1 saturated heterocycles. The van der Waals surface area contributed by atoms with Crippen LogP contribution >= 0.6 is 0 Å². The zero-order valence-electron chi connectivity index (χ0n) is 19.2. The summed E-state index contributed by atoms with van der Waals surface area (Å²) in [6.45, 7) is -0.288. The number of ether oxygens (including phenoxy) is 2. The first-order chi connectivity index (χ1) is 17.2. The minimum atomic E-state index is -4.57. The number of benzene rings is 2. The van der Waals surface area contributed by atoms with E-state index < -0.39 is 35.2 Å². The minimum absolute atomic E-state index is 0.178. The van der Waals surface area contributed by atoms with Crippen molar-refractivity contribution in [1.82, 2.24) is 9.88 Å². The second-order valence-electron chi connectivity index (χ2n) is 7.98. The average molecular weight is 498 g/mol. The van der Waals surface area contributed by atoms with Crippen molar-refractivity contribution >= 4 is 17.4 Å². The molecule has 1 aliphatic rings. The smallest absolute Gasteiger partial charge is 0.416 e. The van der Waals surface area contributed by atoms with Gasteiger partial charge in [-0.3, -0.25) is 14.6 Å². The van der Waals surface area contributed by atoms with Crippen molar-refractivity contribution in [3.05, 3.63) is 94.8 Å². The number of nitrogens with zero attached hydrogens (tertiary/aromatic N) is 2. The number of ketones is 1. The largest absolute Gasteiger partial charge is 0.507 e. The Kier molecular flexibility index (Phi) is 6.69. The maximum Gasteiger partial charge on any atom is 0.416 e. The summed E-state index contributed by atoms with van der Waals surface area (Å²) in [6, 6.07) is 11.1. The van der Waals surface area contributed by atoms with E-state index in [9.17, 15) is 27.9 Å². The number of carbonyl (C=O) groups is 2. The van der Waals surface area contributed by atoms with E-state index >= 15 is 0 Å². The number of halogens is 3. The Morgan fingerprint density at radius 2 is 1.69 bits per heavy atom. The molecular formula is C26H21F3N2O5. The highest BCUT2D eigenvalue weighted by atomic mass is 19.4. The average Bonchev–Trinajstić information content (AvgIpc) is 3.13. The molecule has 1 aromatic heterocycles. The maximum atomic E-state index is 13.2. The van der Waals surface area contributed by atoms with E-state index in [1.807, 2.05) is 0 Å². The number of hydrogen-bond donors (Lipinski definition) is 1. The summed E-state index contributed by atoms with van der Waals surface area (Å²) in [4.78, 5) is 31.3. The van der Waals surface area contributed by atoms with Crippen LogP contribution in [0.2, 0.25) is 0 Å². The van der Waals surface area contributed by atoms with Gasteiger partial charge in [0.25, 0.3) is 11.7 Å². The van der Waals surface area contributed by atoms with Gasteiger partial charge in [-0.1, -0.05) is 12.1 Å². The number of carbonyl (C=O) groups excluding carboxylic acids is 2. The van der Waals surface area contributed by atoms with Crippen molar-refractivity contribution in [3.8, 4) is 11.5 Å². The molecule has 1 atom stereocenters. The molecule has 0 saturated carbocycles. The van der Waals surface area contributed by atoms with Crippen molar-refractivity contribution in [3.63, 3.8) is 0 Å². The lowest BCUT2D eigenvalue weighted by Crippen LogP contribution is -2.29. The fourth-order valence-corrected chi connectivity index (χ4v) is 4.12. The Balaban J connectivity index is 1.83. The Morgan fingerprint density at radius 1 is 1.00 bits per heavy atom. The molecule has 1 aliphatic heterocycles. The zero-order valence-corrected chi connectivity index (χ0v) is 19.2. The Hall–Kier alpha value is -4.34. The zero-order chi connectivity index (χ0) is 26.0. The third-order valence-electron chi connectivity index (χ3n) is 5.83. The van der Waals surface area contributed by atoms with Gasteiger partial charge in [0.1, 0.15) is 5.76 Å². The van der Waals surface area contributed by atoms with Crippen LogP contribution in [-0.4, -0.2) is 40.9 Å². The van der Waals surface area contributed by atoms with Gasteiger partial charge in [0, 0.05) is 24.5 Å². The van der Waals surface area contributed by atoms with Gasteiger partial charge in [-0.05, 0) is 53.6 Å². The summed E-state index contributed by atoms with van der Waals surface area (Å²) in [7, 11) is 2.85. The van der Waals surface area contributed by atoms with E-state index in [2.05, 4.69) is 4.98 Å². The maximum absolute atomic E-state index is 13.2. The molecule has 0 aliphatic carbocycles. The van der Waals surface area contributed by atoms with E-state index in [0.717, 1.165) is 17.0 Å². The van der Waals surface area contributed by atoms with Crippen LogP contribution in [0.1, 0.15) is 28.3 Å². The van der Waals surface area contributed by atoms with Crippen LogP contribution < -0.4 is 9.47 Å². The van der Waals surface area contributed by atoms with Gasteiger partial charge in [-0.2, -0.15) is 13.2 Å². The monoisotopic (exact) mass is 498 g/mol. The van der Waals surface area contributed by atoms with E-state index in [4.69, 9.17) is 9.47 Å². The highest BCUT2D eigenvalue weighted by molar-refractivity contribution is 6.46. The molecule has 10 heteroatoms. The molecule has 36 heavy (non-hydrogen) atoms. The van der Waals surface area contributed by atoms with E-state index in [1.165, 1.54) is 56.9 Å². The topological polar surface area (TPSA) is 89.0 Å². The number of Topliss-reactive ketones (excluding diaryl/α,β-unsaturated/α-hetero) is 1. The predicted octanol–water partition coefficient (Wildman–Crippen LogP) is 4.74. The first kappa shape index (κ1) is 24.8. The number of pyridine rings is 1. The molecule has 1 unspecified atom stereocenters. The van der Waals surface area contributed by atoms with Crippen molar-refractivity contribution in [2.45, 2.75) is 18.8 Å². The summed E-state index contributed by atoms with van der Waals surface area (Å²) in [5.74, 6) is -1.68. The number of aliphatic hydroxyl groups excluding tert-OH is 1. The predicted molar refractivity (Wildman–Crippen MR) is 123 cm³/mol. The standard InChI is InChI=1S/C26H21F3N2O5/c1-35-19-7-6-17(13-20(19)36-2)23(32)21-22(16-8-10-30-11-9-16)31(25(34)24(21)33)14-15-4-3-5-18(12-15)26(27,28)29/h3-13,22,32H,14H2,1-2H3/b23-21+. The molecule has 1 amide bonds. The van der Waals surface area contributed by atoms with E-state index in [-0.39, 0.29) is 23.2 Å². The number of alkyl halides is 3. The summed E-state index contributed by atoms with van der Waals surface area (Å²) >= 11 is 0. The fourth-order valence-electron chi connectivity index (χ4n) is 4.12. The van der Waals surface area contributed by atoms with Crippen LogP contribution in [0.5, 0.6) is 11.5 Å². The Bertz CT molecular complexity index is 1340. The number of methoxy groups -OCH3 is 2. The van der Waals surface area contributed by atoms with Gasteiger partial charge < -0.3 is 19.5 Å². The van der Waals surface area contributed by atoms with Crippen LogP contribution in [0.25, 0.3) is 5.76 Å². The third-order valence-corrected chi connectivity index (χ3v) is 5.83. The third kappa shape index (κ3) is 4.61. The fraction of sp³-hybridized carbons (Fsp3) is 0.192. The summed E-state index contributed by atoms with van der Waals surface area (Å²) in [5.41, 5.74) is -0.244. The van der Waals surface area contributed by atoms with E-state index in [1.54, 1.807) is 12.1 Å². The number of aromatic nitrogens is 1. The van der Waals surface area contributed by atoms with Crippen molar-refractivity contribution < 1.29 is 37.3 Å². The van der Waals surface area contributed by atoms with Gasteiger partial charge in [0.05, 0.1) is 31.4 Å². The first-order valence-electron chi connectivity index (χ1n) is 10.7. The summed E-state index contributed by atoms with van der Waals surface area (Å²) < 4.78 is 50.2. The highest BCUT2D eigenvalue weighted by Gasteiger charge is 2.46. The first-order valence-corrected chi connectivity index (χ1v) is 10.7. The van der Waals surface area contributed by atoms with Crippen molar-refractivity contribution in [2.24, 2.45) is 0 Å². The highest BCUT2D eigenvalue weighted by Crippen LogP contribution is 2.41. The second kappa shape index (κ2) is 9.73. The summed E-state index contributed by atoms with van der Waals surface area (Å²) in [5, 5.41) is 11.2. The normalized spacial score (nSPS) is 17.4. The molecule has 4 rings (SSSR count). The van der Waals surface area contributed by atoms with Gasteiger partial charge in [-0.15, -0.1) is 0 Å². The SMILES string of the molecule is COc1ccc(/C(O)=C2\C(=O)C(=O)N(Cc3cccc(C(F)(F)F)c3)C2c2ccncc2)cc1OC. The molecule has 186 valence electrons. The molecule has 2 aromatic carbocycles. The summed E-state index contributed by atoms with van der Waals surface area (Å²) in [6.07, 6.45) is -1.66. The molecule has 7 nitrogen and oxygen atoms in total. The van der Waals surface area contributed by atoms with Crippen molar-refractivity contribution in [1.29, 1.82) is 0 Å². The number of aliphatic hydroxyl groups is 1. The van der Waals surface area contributed by atoms with E-state index in [0.29, 0.717) is 17.1 Å². The molecular weight excluding hydrogens is 477 g/mol. The van der Waals surface area contributed by atoms with Crippen LogP contribution in [0.15, 0.2) is 72.6 Å². The molecule has 0 radical (unpaired) electrons. The molecule has 1 fully saturated rings. The lowest BCUT2D eigenvalue weighted by atomic mass is 9.95. The lowest BCUT2D eigenvalue weighted by Gasteiger charge is -2.25. The molecule has 0 bridgehead atoms. The van der Waals surface area contributed by atoms with Gasteiger partial charge in [-0.25, -0.2) is 0 Å². The van der Waals surface area contributed by atoms with Crippen LogP contribution in [0, 0.1) is 0 Å². The quantitative estimate of drug-likeness (QED) is 0.300. The molecule has 0 spiro atoms. The number of hydrogen-bond acceptors (Lipinski definition) is 6. The second-order valence-corrected chi connectivity index (χ2v) is 7.98. The van der Waals surface area contributed by atoms with Gasteiger partial charge in [0.15, 0.2) is 11.5 Å². The molecule has 1 N–H and O–H groups in total. The van der Waals surface area contributed by atoms with Gasteiger partial charge in [0.2, 0.25) is 0 Å². The molecule has 3 aromatic rings. The van der Waals surface area contributed by atoms with Gasteiger partial charge >= 0.3 is 6.18 Å². The lowest BCUT2D eigenvalue weighted by molar-refractivity contribution is -0.140.